The van der Waals surface area contributed by atoms with E-state index in [-0.39, 0.29) is 11.8 Å². The van der Waals surface area contributed by atoms with Gasteiger partial charge in [-0.25, -0.2) is 0 Å². The predicted molar refractivity (Wildman–Crippen MR) is 152 cm³/mol. The molecule has 1 atom stereocenters. The predicted octanol–water partition coefficient (Wildman–Crippen LogP) is 6.61. The molecule has 0 saturated heterocycles. The molecule has 0 heterocycles. The van der Waals surface area contributed by atoms with Crippen molar-refractivity contribution in [2.75, 3.05) is 0 Å². The summed E-state index contributed by atoms with van der Waals surface area (Å²) in [7, 11) is 0. The van der Waals surface area contributed by atoms with E-state index in [1.165, 1.54) is 22.3 Å². The molecule has 1 aliphatic rings. The van der Waals surface area contributed by atoms with Gasteiger partial charge in [-0.15, -0.1) is 6.58 Å². The average Bonchev–Trinajstić information content (AvgIpc) is 3.33. The van der Waals surface area contributed by atoms with Gasteiger partial charge in [0, 0.05) is 19.5 Å². The third kappa shape index (κ3) is 5.60. The van der Waals surface area contributed by atoms with Crippen LogP contribution >= 0.6 is 0 Å². The number of fused-ring (bicyclic) bond motifs is 3. The summed E-state index contributed by atoms with van der Waals surface area (Å²) in [6, 6.07) is 33.6. The summed E-state index contributed by atoms with van der Waals surface area (Å²) in [4.78, 5) is 29.3. The van der Waals surface area contributed by atoms with E-state index < -0.39 is 6.04 Å². The van der Waals surface area contributed by atoms with Crippen LogP contribution in [0.1, 0.15) is 46.7 Å². The molecule has 5 rings (SSSR count). The van der Waals surface area contributed by atoms with Crippen LogP contribution in [0, 0.1) is 0 Å². The lowest BCUT2D eigenvalue weighted by atomic mass is 9.97. The van der Waals surface area contributed by atoms with Crippen molar-refractivity contribution in [3.63, 3.8) is 0 Å². The van der Waals surface area contributed by atoms with Gasteiger partial charge in [0.15, 0.2) is 0 Å². The van der Waals surface area contributed by atoms with Crippen molar-refractivity contribution in [1.29, 1.82) is 0 Å². The van der Waals surface area contributed by atoms with Crippen LogP contribution in [0.2, 0.25) is 0 Å². The zero-order valence-corrected chi connectivity index (χ0v) is 21.5. The first-order valence-electron chi connectivity index (χ1n) is 13.1. The van der Waals surface area contributed by atoms with Crippen LogP contribution < -0.4 is 5.32 Å². The van der Waals surface area contributed by atoms with Crippen LogP contribution in [0.25, 0.3) is 11.1 Å². The maximum atomic E-state index is 13.9. The molecule has 1 unspecified atom stereocenters. The van der Waals surface area contributed by atoms with Crippen molar-refractivity contribution in [2.45, 2.75) is 38.4 Å². The van der Waals surface area contributed by atoms with E-state index in [0.717, 1.165) is 23.1 Å². The molecule has 1 N–H and O–H groups in total. The van der Waals surface area contributed by atoms with Gasteiger partial charge in [0.2, 0.25) is 11.8 Å². The summed E-state index contributed by atoms with van der Waals surface area (Å²) in [6.45, 7) is 4.53. The van der Waals surface area contributed by atoms with Gasteiger partial charge in [0.25, 0.3) is 0 Å². The smallest absolute Gasteiger partial charge is 0.247 e. The molecule has 1 aliphatic carbocycles. The third-order valence-electron chi connectivity index (χ3n) is 7.08. The molecule has 38 heavy (non-hydrogen) atoms. The zero-order valence-electron chi connectivity index (χ0n) is 21.5. The Bertz CT molecular complexity index is 1430. The number of hydrogen-bond donors (Lipinski definition) is 1. The second kappa shape index (κ2) is 11.7. The van der Waals surface area contributed by atoms with Crippen molar-refractivity contribution in [3.05, 3.63) is 144 Å². The Morgan fingerprint density at radius 2 is 1.47 bits per heavy atom. The van der Waals surface area contributed by atoms with Gasteiger partial charge in [-0.3, -0.25) is 9.59 Å². The fraction of sp³-hybridized carbons (Fsp3) is 0.176. The molecule has 0 bridgehead atoms. The first kappa shape index (κ1) is 25.2. The number of hydrogen-bond acceptors (Lipinski definition) is 2. The highest BCUT2D eigenvalue weighted by molar-refractivity contribution is 5.89. The van der Waals surface area contributed by atoms with Crippen LogP contribution in [0.5, 0.6) is 0 Å². The number of carbonyl (C=O) groups excluding carboxylic acids is 2. The molecule has 0 aromatic heterocycles. The number of benzene rings is 4. The Morgan fingerprint density at radius 1 is 0.816 bits per heavy atom. The largest absolute Gasteiger partial charge is 0.350 e. The van der Waals surface area contributed by atoms with Crippen molar-refractivity contribution >= 4 is 11.8 Å². The minimum absolute atomic E-state index is 0.0719. The van der Waals surface area contributed by atoms with Gasteiger partial charge < -0.3 is 10.2 Å². The quantitative estimate of drug-likeness (QED) is 0.219. The lowest BCUT2D eigenvalue weighted by molar-refractivity contribution is -0.141. The number of amides is 2. The number of allylic oxidation sites excluding steroid dienone is 1. The molecule has 2 amide bonds. The van der Waals surface area contributed by atoms with Crippen LogP contribution in [-0.2, 0) is 29.1 Å². The van der Waals surface area contributed by atoms with E-state index in [2.05, 4.69) is 48.3 Å². The molecule has 0 fully saturated rings. The molecule has 0 radical (unpaired) electrons. The molecule has 0 saturated carbocycles. The third-order valence-corrected chi connectivity index (χ3v) is 7.08. The lowest BCUT2D eigenvalue weighted by Crippen LogP contribution is -2.43. The average molecular weight is 501 g/mol. The molecular formula is C34H32N2O2. The van der Waals surface area contributed by atoms with Gasteiger partial charge in [-0.2, -0.15) is 0 Å². The topological polar surface area (TPSA) is 49.4 Å². The summed E-state index contributed by atoms with van der Waals surface area (Å²) in [6.07, 6.45) is 3.42. The van der Waals surface area contributed by atoms with Crippen LogP contribution in [0.15, 0.2) is 116 Å². The Kier molecular flexibility index (Phi) is 7.79. The first-order chi connectivity index (χ1) is 18.6. The number of nitrogens with zero attached hydrogens (tertiary/aromatic N) is 1. The van der Waals surface area contributed by atoms with Crippen LogP contribution in [0.4, 0.5) is 0 Å². The molecular weight excluding hydrogens is 468 g/mol. The monoisotopic (exact) mass is 500 g/mol. The first-order valence-corrected chi connectivity index (χ1v) is 13.1. The summed E-state index contributed by atoms with van der Waals surface area (Å²) >= 11 is 0. The van der Waals surface area contributed by atoms with E-state index in [0.29, 0.717) is 25.9 Å². The summed E-state index contributed by atoms with van der Waals surface area (Å²) in [5, 5.41) is 3.11. The van der Waals surface area contributed by atoms with E-state index in [4.69, 9.17) is 0 Å². The van der Waals surface area contributed by atoms with Gasteiger partial charge in [-0.05, 0) is 51.8 Å². The van der Waals surface area contributed by atoms with E-state index in [9.17, 15) is 9.59 Å². The fourth-order valence-electron chi connectivity index (χ4n) is 5.16. The summed E-state index contributed by atoms with van der Waals surface area (Å²) < 4.78 is 0. The normalized spacial score (nSPS) is 12.2. The van der Waals surface area contributed by atoms with E-state index in [1.54, 1.807) is 11.0 Å². The highest BCUT2D eigenvalue weighted by Crippen LogP contribution is 2.38. The summed E-state index contributed by atoms with van der Waals surface area (Å²) in [5.74, 6) is -0.260. The molecule has 4 heteroatoms. The second-order valence-electron chi connectivity index (χ2n) is 9.69. The number of rotatable bonds is 10. The number of nitrogens with one attached hydrogen (secondary N) is 1. The molecule has 190 valence electrons. The SMILES string of the molecule is C=CCCC(=O)N(Cc1ccccc1)C(C(=O)NCc1ccccc1)c1ccc2c(c1)Cc1ccccc1-2. The zero-order chi connectivity index (χ0) is 26.3. The van der Waals surface area contributed by atoms with Crippen LogP contribution in [0.3, 0.4) is 0 Å². The molecule has 0 spiro atoms. The Morgan fingerprint density at radius 3 is 2.21 bits per heavy atom. The van der Waals surface area contributed by atoms with Gasteiger partial charge >= 0.3 is 0 Å². The Labute approximate surface area is 224 Å². The van der Waals surface area contributed by atoms with Crippen molar-refractivity contribution in [3.8, 4) is 11.1 Å². The maximum Gasteiger partial charge on any atom is 0.247 e. The van der Waals surface area contributed by atoms with Crippen molar-refractivity contribution in [2.24, 2.45) is 0 Å². The van der Waals surface area contributed by atoms with Gasteiger partial charge in [-0.1, -0.05) is 109 Å². The highest BCUT2D eigenvalue weighted by atomic mass is 16.2. The van der Waals surface area contributed by atoms with E-state index in [1.807, 2.05) is 66.7 Å². The minimum Gasteiger partial charge on any atom is -0.350 e. The van der Waals surface area contributed by atoms with Crippen molar-refractivity contribution < 1.29 is 9.59 Å². The summed E-state index contributed by atoms with van der Waals surface area (Å²) in [5.41, 5.74) is 7.72. The van der Waals surface area contributed by atoms with Gasteiger partial charge in [0.1, 0.15) is 6.04 Å². The van der Waals surface area contributed by atoms with Crippen LogP contribution in [-0.4, -0.2) is 16.7 Å². The molecule has 4 aromatic carbocycles. The Hall–Kier alpha value is -4.44. The van der Waals surface area contributed by atoms with E-state index >= 15 is 0 Å². The minimum atomic E-state index is -0.759. The fourth-order valence-corrected chi connectivity index (χ4v) is 5.16. The van der Waals surface area contributed by atoms with Crippen molar-refractivity contribution in [1.82, 2.24) is 10.2 Å². The maximum absolute atomic E-state index is 13.9. The second-order valence-corrected chi connectivity index (χ2v) is 9.69. The number of carbonyl (C=O) groups is 2. The standard InChI is InChI=1S/C34H32N2O2/c1-2-3-18-32(37)36(24-26-14-8-5-9-15-26)33(34(38)35-23-25-12-6-4-7-13-25)28-19-20-31-29(22-28)21-27-16-10-11-17-30(27)31/h2,4-17,19-20,22,33H,1,3,18,21,23-24H2,(H,35,38). The lowest BCUT2D eigenvalue weighted by Gasteiger charge is -2.32. The van der Waals surface area contributed by atoms with Gasteiger partial charge in [0.05, 0.1) is 0 Å². The Balaban J connectivity index is 1.52. The molecule has 4 nitrogen and oxygen atoms in total. The molecule has 0 aliphatic heterocycles. The highest BCUT2D eigenvalue weighted by Gasteiger charge is 2.32. The molecule has 4 aromatic rings.